The summed E-state index contributed by atoms with van der Waals surface area (Å²) in [6.07, 6.45) is 2.82. The summed E-state index contributed by atoms with van der Waals surface area (Å²) >= 11 is 0. The quantitative estimate of drug-likeness (QED) is 0.610. The standard InChI is InChI=1S/C8H11N3/c9-7-4-6(7)5-1-2-11-8(10)3-5/h1-3,6-7H,4,9H2,(H2,10,11). The molecule has 0 bridgehead atoms. The van der Waals surface area contributed by atoms with Gasteiger partial charge in [0.1, 0.15) is 5.82 Å². The fraction of sp³-hybridized carbons (Fsp3) is 0.375. The first kappa shape index (κ1) is 6.61. The molecular weight excluding hydrogens is 138 g/mol. The van der Waals surface area contributed by atoms with Crippen LogP contribution in [-0.2, 0) is 0 Å². The third-order valence-electron chi connectivity index (χ3n) is 2.07. The Labute approximate surface area is 65.4 Å². The van der Waals surface area contributed by atoms with Crippen molar-refractivity contribution >= 4 is 5.82 Å². The number of nitrogens with zero attached hydrogens (tertiary/aromatic N) is 1. The van der Waals surface area contributed by atoms with Crippen molar-refractivity contribution in [2.24, 2.45) is 5.73 Å². The van der Waals surface area contributed by atoms with Gasteiger partial charge in [0.05, 0.1) is 0 Å². The Bertz CT molecular complexity index is 272. The van der Waals surface area contributed by atoms with Crippen LogP contribution in [0.4, 0.5) is 5.82 Å². The zero-order valence-electron chi connectivity index (χ0n) is 6.20. The molecule has 1 aliphatic rings. The number of rotatable bonds is 1. The van der Waals surface area contributed by atoms with Crippen LogP contribution in [0.1, 0.15) is 17.9 Å². The van der Waals surface area contributed by atoms with E-state index in [1.54, 1.807) is 6.20 Å². The molecule has 0 radical (unpaired) electrons. The van der Waals surface area contributed by atoms with Gasteiger partial charge in [-0.2, -0.15) is 0 Å². The summed E-state index contributed by atoms with van der Waals surface area (Å²) in [6.45, 7) is 0. The predicted molar refractivity (Wildman–Crippen MR) is 44.0 cm³/mol. The van der Waals surface area contributed by atoms with Crippen molar-refractivity contribution in [1.82, 2.24) is 4.98 Å². The van der Waals surface area contributed by atoms with Crippen molar-refractivity contribution in [2.45, 2.75) is 18.4 Å². The molecule has 2 rings (SSSR count). The third-order valence-corrected chi connectivity index (χ3v) is 2.07. The molecule has 11 heavy (non-hydrogen) atoms. The minimum Gasteiger partial charge on any atom is -0.384 e. The molecule has 1 fully saturated rings. The number of aromatic nitrogens is 1. The maximum atomic E-state index is 5.69. The Morgan fingerprint density at radius 1 is 1.55 bits per heavy atom. The first-order chi connectivity index (χ1) is 5.27. The van der Waals surface area contributed by atoms with Crippen LogP contribution >= 0.6 is 0 Å². The normalized spacial score (nSPS) is 28.5. The molecule has 1 aromatic heterocycles. The van der Waals surface area contributed by atoms with E-state index in [0.29, 0.717) is 17.8 Å². The summed E-state index contributed by atoms with van der Waals surface area (Å²) in [7, 11) is 0. The second kappa shape index (κ2) is 2.20. The van der Waals surface area contributed by atoms with Gasteiger partial charge in [0.25, 0.3) is 0 Å². The topological polar surface area (TPSA) is 64.9 Å². The van der Waals surface area contributed by atoms with Crippen molar-refractivity contribution in [3.8, 4) is 0 Å². The summed E-state index contributed by atoms with van der Waals surface area (Å²) in [5.41, 5.74) is 12.4. The van der Waals surface area contributed by atoms with Gasteiger partial charge in [0, 0.05) is 18.2 Å². The van der Waals surface area contributed by atoms with Gasteiger partial charge in [-0.3, -0.25) is 0 Å². The second-order valence-electron chi connectivity index (χ2n) is 3.02. The number of hydrogen-bond donors (Lipinski definition) is 2. The number of nitrogen functional groups attached to an aromatic ring is 1. The summed E-state index contributed by atoms with van der Waals surface area (Å²) in [6, 6.07) is 4.22. The lowest BCUT2D eigenvalue weighted by Gasteiger charge is -1.97. The first-order valence-corrected chi connectivity index (χ1v) is 3.74. The van der Waals surface area contributed by atoms with E-state index >= 15 is 0 Å². The van der Waals surface area contributed by atoms with Gasteiger partial charge >= 0.3 is 0 Å². The van der Waals surface area contributed by atoms with Crippen molar-refractivity contribution < 1.29 is 0 Å². The van der Waals surface area contributed by atoms with Gasteiger partial charge < -0.3 is 11.5 Å². The van der Waals surface area contributed by atoms with Gasteiger partial charge in [-0.15, -0.1) is 0 Å². The van der Waals surface area contributed by atoms with Crippen molar-refractivity contribution in [2.75, 3.05) is 5.73 Å². The van der Waals surface area contributed by atoms with E-state index in [1.165, 1.54) is 5.56 Å². The minimum atomic E-state index is 0.344. The minimum absolute atomic E-state index is 0.344. The lowest BCUT2D eigenvalue weighted by molar-refractivity contribution is 0.987. The zero-order chi connectivity index (χ0) is 7.84. The van der Waals surface area contributed by atoms with E-state index in [1.807, 2.05) is 12.1 Å². The van der Waals surface area contributed by atoms with Crippen molar-refractivity contribution in [1.29, 1.82) is 0 Å². The summed E-state index contributed by atoms with van der Waals surface area (Å²) < 4.78 is 0. The molecule has 0 aromatic carbocycles. The Kier molecular flexibility index (Phi) is 1.32. The molecule has 3 heteroatoms. The Morgan fingerprint density at radius 2 is 2.27 bits per heavy atom. The highest BCUT2D eigenvalue weighted by atomic mass is 14.8. The summed E-state index contributed by atoms with van der Waals surface area (Å²) in [5.74, 6) is 1.11. The fourth-order valence-corrected chi connectivity index (χ4v) is 1.29. The van der Waals surface area contributed by atoms with Crippen LogP contribution in [0.25, 0.3) is 0 Å². The third kappa shape index (κ3) is 1.19. The average Bonchev–Trinajstić information content (AvgIpc) is 2.67. The van der Waals surface area contributed by atoms with Crippen molar-refractivity contribution in [3.05, 3.63) is 23.9 Å². The molecule has 1 saturated carbocycles. The van der Waals surface area contributed by atoms with E-state index in [9.17, 15) is 0 Å². The molecular formula is C8H11N3. The highest BCUT2D eigenvalue weighted by molar-refractivity contribution is 5.37. The molecule has 0 saturated heterocycles. The number of hydrogen-bond acceptors (Lipinski definition) is 3. The van der Waals surface area contributed by atoms with E-state index in [0.717, 1.165) is 6.42 Å². The molecule has 58 valence electrons. The van der Waals surface area contributed by atoms with Gasteiger partial charge in [0.15, 0.2) is 0 Å². The fourth-order valence-electron chi connectivity index (χ4n) is 1.29. The van der Waals surface area contributed by atoms with Gasteiger partial charge in [0.2, 0.25) is 0 Å². The van der Waals surface area contributed by atoms with E-state index in [2.05, 4.69) is 4.98 Å². The average molecular weight is 149 g/mol. The highest BCUT2D eigenvalue weighted by Gasteiger charge is 2.34. The highest BCUT2D eigenvalue weighted by Crippen LogP contribution is 2.38. The maximum Gasteiger partial charge on any atom is 0.123 e. The van der Waals surface area contributed by atoms with Crippen LogP contribution in [0.3, 0.4) is 0 Å². The largest absolute Gasteiger partial charge is 0.384 e. The number of pyridine rings is 1. The molecule has 0 amide bonds. The Balaban J connectivity index is 2.25. The van der Waals surface area contributed by atoms with E-state index < -0.39 is 0 Å². The molecule has 2 unspecified atom stereocenters. The molecule has 1 aromatic rings. The van der Waals surface area contributed by atoms with Crippen LogP contribution in [0.5, 0.6) is 0 Å². The molecule has 0 aliphatic heterocycles. The molecule has 4 N–H and O–H groups in total. The Morgan fingerprint density at radius 3 is 2.82 bits per heavy atom. The van der Waals surface area contributed by atoms with Crippen LogP contribution in [0.15, 0.2) is 18.3 Å². The predicted octanol–water partition coefficient (Wildman–Crippen LogP) is 0.478. The van der Waals surface area contributed by atoms with Crippen LogP contribution in [-0.4, -0.2) is 11.0 Å². The van der Waals surface area contributed by atoms with Crippen LogP contribution in [0.2, 0.25) is 0 Å². The van der Waals surface area contributed by atoms with Gasteiger partial charge in [-0.1, -0.05) is 0 Å². The van der Waals surface area contributed by atoms with Crippen LogP contribution in [0, 0.1) is 0 Å². The maximum absolute atomic E-state index is 5.69. The molecule has 2 atom stereocenters. The number of anilines is 1. The molecule has 1 heterocycles. The zero-order valence-corrected chi connectivity index (χ0v) is 6.20. The van der Waals surface area contributed by atoms with Gasteiger partial charge in [-0.05, 0) is 24.1 Å². The first-order valence-electron chi connectivity index (χ1n) is 3.74. The lowest BCUT2D eigenvalue weighted by atomic mass is 10.2. The smallest absolute Gasteiger partial charge is 0.123 e. The SMILES string of the molecule is Nc1cc(C2CC2N)ccn1. The number of nitrogens with two attached hydrogens (primary N) is 2. The van der Waals surface area contributed by atoms with Gasteiger partial charge in [-0.25, -0.2) is 4.98 Å². The Hall–Kier alpha value is -1.09. The van der Waals surface area contributed by atoms with E-state index in [-0.39, 0.29) is 0 Å². The molecule has 1 aliphatic carbocycles. The lowest BCUT2D eigenvalue weighted by Crippen LogP contribution is -2.01. The summed E-state index contributed by atoms with van der Waals surface area (Å²) in [4.78, 5) is 3.91. The molecule has 0 spiro atoms. The second-order valence-corrected chi connectivity index (χ2v) is 3.02. The van der Waals surface area contributed by atoms with E-state index in [4.69, 9.17) is 11.5 Å². The molecule has 3 nitrogen and oxygen atoms in total. The van der Waals surface area contributed by atoms with Crippen molar-refractivity contribution in [3.63, 3.8) is 0 Å². The van der Waals surface area contributed by atoms with Crippen LogP contribution < -0.4 is 11.5 Å². The monoisotopic (exact) mass is 149 g/mol. The summed E-state index contributed by atoms with van der Waals surface area (Å²) in [5, 5.41) is 0.